The van der Waals surface area contributed by atoms with Crippen LogP contribution in [0.25, 0.3) is 0 Å². The van der Waals surface area contributed by atoms with Crippen molar-refractivity contribution in [1.29, 1.82) is 0 Å². The van der Waals surface area contributed by atoms with Crippen LogP contribution in [0, 0.1) is 12.8 Å². The fraction of sp³-hybridized carbons (Fsp3) is 0.800. The molecule has 0 saturated carbocycles. The second kappa shape index (κ2) is 6.59. The number of aliphatic hydroxyl groups is 1. The maximum absolute atomic E-state index is 9.65. The summed E-state index contributed by atoms with van der Waals surface area (Å²) >= 11 is 0. The van der Waals surface area contributed by atoms with E-state index in [9.17, 15) is 5.11 Å². The highest BCUT2D eigenvalue weighted by Gasteiger charge is 2.24. The van der Waals surface area contributed by atoms with Gasteiger partial charge >= 0.3 is 0 Å². The zero-order chi connectivity index (χ0) is 14.7. The van der Waals surface area contributed by atoms with Crippen molar-refractivity contribution >= 4 is 0 Å². The molecule has 2 heterocycles. The number of nitrogens with zero attached hydrogens (tertiary/aromatic N) is 3. The number of aromatic nitrogens is 2. The number of aliphatic hydroxyl groups excluding tert-OH is 1. The second-order valence-electron chi connectivity index (χ2n) is 6.06. The molecule has 0 spiro atoms. The SMILES string of the molecule is CCOc1c(CN2CC[C@@H](O)C2)c(C)nn1CC(C)C. The smallest absolute Gasteiger partial charge is 0.216 e. The summed E-state index contributed by atoms with van der Waals surface area (Å²) in [7, 11) is 0. The Bertz CT molecular complexity index is 443. The van der Waals surface area contributed by atoms with Gasteiger partial charge in [-0.1, -0.05) is 13.8 Å². The van der Waals surface area contributed by atoms with Gasteiger partial charge in [0.15, 0.2) is 0 Å². The second-order valence-corrected chi connectivity index (χ2v) is 6.06. The van der Waals surface area contributed by atoms with Crippen LogP contribution >= 0.6 is 0 Å². The number of hydrogen-bond acceptors (Lipinski definition) is 4. The van der Waals surface area contributed by atoms with Crippen LogP contribution in [0.3, 0.4) is 0 Å². The van der Waals surface area contributed by atoms with Crippen LogP contribution in [-0.2, 0) is 13.1 Å². The van der Waals surface area contributed by atoms with Gasteiger partial charge in [0, 0.05) is 26.2 Å². The third kappa shape index (κ3) is 3.52. The number of β-amino-alcohol motifs (C(OH)–C–C–N with tert-alkyl or cyclic N) is 1. The van der Waals surface area contributed by atoms with Crippen LogP contribution in [0.4, 0.5) is 0 Å². The maximum atomic E-state index is 9.65. The summed E-state index contributed by atoms with van der Waals surface area (Å²) in [5, 5.41) is 14.3. The molecule has 0 radical (unpaired) electrons. The molecular formula is C15H27N3O2. The predicted octanol–water partition coefficient (Wildman–Crippen LogP) is 1.81. The van der Waals surface area contributed by atoms with E-state index >= 15 is 0 Å². The maximum Gasteiger partial charge on any atom is 0.216 e. The summed E-state index contributed by atoms with van der Waals surface area (Å²) in [5.74, 6) is 1.44. The first-order chi connectivity index (χ1) is 9.51. The number of hydrogen-bond donors (Lipinski definition) is 1. The van der Waals surface area contributed by atoms with Gasteiger partial charge in [-0.3, -0.25) is 4.90 Å². The Labute approximate surface area is 121 Å². The van der Waals surface area contributed by atoms with Gasteiger partial charge < -0.3 is 9.84 Å². The third-order valence-corrected chi connectivity index (χ3v) is 3.65. The lowest BCUT2D eigenvalue weighted by Gasteiger charge is -2.16. The summed E-state index contributed by atoms with van der Waals surface area (Å²) in [6.45, 7) is 12.5. The highest BCUT2D eigenvalue weighted by molar-refractivity contribution is 5.31. The number of likely N-dealkylation sites (tertiary alicyclic amines) is 1. The minimum Gasteiger partial charge on any atom is -0.478 e. The Balaban J connectivity index is 2.19. The largest absolute Gasteiger partial charge is 0.478 e. The van der Waals surface area contributed by atoms with Crippen LogP contribution in [-0.4, -0.2) is 45.6 Å². The molecule has 1 aliphatic heterocycles. The van der Waals surface area contributed by atoms with Crippen molar-refractivity contribution < 1.29 is 9.84 Å². The first-order valence-corrected chi connectivity index (χ1v) is 7.60. The van der Waals surface area contributed by atoms with Gasteiger partial charge in [0.2, 0.25) is 5.88 Å². The van der Waals surface area contributed by atoms with E-state index in [4.69, 9.17) is 4.74 Å². The number of rotatable bonds is 6. The van der Waals surface area contributed by atoms with Crippen molar-refractivity contribution in [2.45, 2.75) is 53.3 Å². The summed E-state index contributed by atoms with van der Waals surface area (Å²) in [5.41, 5.74) is 2.21. The zero-order valence-corrected chi connectivity index (χ0v) is 13.1. The van der Waals surface area contributed by atoms with E-state index in [1.807, 2.05) is 18.5 Å². The lowest BCUT2D eigenvalue weighted by atomic mass is 10.2. The van der Waals surface area contributed by atoms with Gasteiger partial charge in [0.1, 0.15) is 0 Å². The minimum atomic E-state index is -0.184. The topological polar surface area (TPSA) is 50.5 Å². The lowest BCUT2D eigenvalue weighted by molar-refractivity contribution is 0.174. The fourth-order valence-electron chi connectivity index (χ4n) is 2.73. The van der Waals surface area contributed by atoms with Gasteiger partial charge in [0.25, 0.3) is 0 Å². The number of aryl methyl sites for hydroxylation is 1. The average molecular weight is 281 g/mol. The molecule has 1 fully saturated rings. The van der Waals surface area contributed by atoms with Crippen molar-refractivity contribution in [1.82, 2.24) is 14.7 Å². The van der Waals surface area contributed by atoms with Crippen molar-refractivity contribution in [3.05, 3.63) is 11.3 Å². The average Bonchev–Trinajstić information content (AvgIpc) is 2.88. The molecule has 0 bridgehead atoms. The molecule has 1 N–H and O–H groups in total. The van der Waals surface area contributed by atoms with Gasteiger partial charge in [-0.25, -0.2) is 4.68 Å². The van der Waals surface area contributed by atoms with Crippen molar-refractivity contribution in [3.63, 3.8) is 0 Å². The first-order valence-electron chi connectivity index (χ1n) is 7.60. The van der Waals surface area contributed by atoms with E-state index in [1.54, 1.807) is 0 Å². The Morgan fingerprint density at radius 3 is 2.75 bits per heavy atom. The minimum absolute atomic E-state index is 0.184. The molecule has 5 heteroatoms. The molecule has 2 rings (SSSR count). The normalized spacial score (nSPS) is 20.0. The molecule has 1 aromatic heterocycles. The Morgan fingerprint density at radius 2 is 2.20 bits per heavy atom. The van der Waals surface area contributed by atoms with E-state index in [0.717, 1.165) is 44.2 Å². The molecule has 114 valence electrons. The third-order valence-electron chi connectivity index (χ3n) is 3.65. The van der Waals surface area contributed by atoms with Gasteiger partial charge in [0.05, 0.1) is 24.0 Å². The van der Waals surface area contributed by atoms with E-state index in [0.29, 0.717) is 12.5 Å². The fourth-order valence-corrected chi connectivity index (χ4v) is 2.73. The lowest BCUT2D eigenvalue weighted by Crippen LogP contribution is -2.22. The summed E-state index contributed by atoms with van der Waals surface area (Å²) < 4.78 is 7.83. The van der Waals surface area contributed by atoms with Gasteiger partial charge in [-0.05, 0) is 26.2 Å². The van der Waals surface area contributed by atoms with Gasteiger partial charge in [-0.15, -0.1) is 0 Å². The molecule has 0 unspecified atom stereocenters. The quantitative estimate of drug-likeness (QED) is 0.864. The van der Waals surface area contributed by atoms with Crippen molar-refractivity contribution in [3.8, 4) is 5.88 Å². The number of ether oxygens (including phenoxy) is 1. The summed E-state index contributed by atoms with van der Waals surface area (Å²) in [4.78, 5) is 2.27. The van der Waals surface area contributed by atoms with Crippen LogP contribution in [0.2, 0.25) is 0 Å². The van der Waals surface area contributed by atoms with Crippen LogP contribution in [0.5, 0.6) is 5.88 Å². The van der Waals surface area contributed by atoms with E-state index in [1.165, 1.54) is 5.56 Å². The highest BCUT2D eigenvalue weighted by atomic mass is 16.5. The zero-order valence-electron chi connectivity index (χ0n) is 13.1. The Kier molecular flexibility index (Phi) is 5.05. The van der Waals surface area contributed by atoms with Crippen LogP contribution in [0.1, 0.15) is 38.4 Å². The molecule has 0 aromatic carbocycles. The molecule has 1 aliphatic rings. The monoisotopic (exact) mass is 281 g/mol. The molecule has 0 aliphatic carbocycles. The van der Waals surface area contributed by atoms with Crippen molar-refractivity contribution in [2.24, 2.45) is 5.92 Å². The predicted molar refractivity (Wildman–Crippen MR) is 78.9 cm³/mol. The van der Waals surface area contributed by atoms with E-state index in [-0.39, 0.29) is 6.10 Å². The summed E-state index contributed by atoms with van der Waals surface area (Å²) in [6, 6.07) is 0. The van der Waals surface area contributed by atoms with Gasteiger partial charge in [-0.2, -0.15) is 5.10 Å². The standard InChI is InChI=1S/C15H27N3O2/c1-5-20-15-14(10-17-7-6-13(19)9-17)12(4)16-18(15)8-11(2)3/h11,13,19H,5-10H2,1-4H3/t13-/m1/s1. The van der Waals surface area contributed by atoms with Crippen molar-refractivity contribution in [2.75, 3.05) is 19.7 Å². The molecule has 0 amide bonds. The van der Waals surface area contributed by atoms with Crippen LogP contribution < -0.4 is 4.74 Å². The summed E-state index contributed by atoms with van der Waals surface area (Å²) in [6.07, 6.45) is 0.680. The van der Waals surface area contributed by atoms with E-state index < -0.39 is 0 Å². The Morgan fingerprint density at radius 1 is 1.45 bits per heavy atom. The molecule has 1 saturated heterocycles. The van der Waals surface area contributed by atoms with E-state index in [2.05, 4.69) is 23.8 Å². The first kappa shape index (κ1) is 15.3. The highest BCUT2D eigenvalue weighted by Crippen LogP contribution is 2.26. The van der Waals surface area contributed by atoms with Crippen LogP contribution in [0.15, 0.2) is 0 Å². The molecular weight excluding hydrogens is 254 g/mol. The molecule has 20 heavy (non-hydrogen) atoms. The molecule has 1 aromatic rings. The Hall–Kier alpha value is -1.07. The molecule has 5 nitrogen and oxygen atoms in total. The molecule has 1 atom stereocenters.